The molecule has 1 amide bonds. The molecule has 2 N–H and O–H groups in total. The molecule has 2 aromatic rings. The molecule has 1 aliphatic heterocycles. The molecule has 3 rings (SSSR count). The molecule has 0 aromatic carbocycles. The minimum absolute atomic E-state index is 0. The summed E-state index contributed by atoms with van der Waals surface area (Å²) in [7, 11) is 1.89. The summed E-state index contributed by atoms with van der Waals surface area (Å²) in [6.07, 6.45) is 6.56. The highest BCUT2D eigenvalue weighted by atomic mass is 35.5. The Hall–Kier alpha value is -1.15. The number of halogens is 2. The number of likely N-dealkylation sites (tertiary alicyclic amines) is 1. The Bertz CT molecular complexity index is 645. The molecule has 1 fully saturated rings. The molecule has 0 aliphatic carbocycles. The van der Waals surface area contributed by atoms with Crippen LogP contribution in [0.5, 0.6) is 0 Å². The maximum Gasteiger partial charge on any atom is 0.273 e. The predicted octanol–water partition coefficient (Wildman–Crippen LogP) is 2.20. The van der Waals surface area contributed by atoms with E-state index in [1.54, 1.807) is 4.68 Å². The molecule has 23 heavy (non-hydrogen) atoms. The van der Waals surface area contributed by atoms with Crippen molar-refractivity contribution in [2.75, 3.05) is 13.1 Å². The Morgan fingerprint density at radius 3 is 2.91 bits per heavy atom. The Morgan fingerprint density at radius 2 is 2.26 bits per heavy atom. The number of carbonyl (C=O) groups excluding carboxylic acids is 1. The van der Waals surface area contributed by atoms with Crippen LogP contribution in [0.1, 0.15) is 39.9 Å². The van der Waals surface area contributed by atoms with Gasteiger partial charge >= 0.3 is 0 Å². The first kappa shape index (κ1) is 19.9. The number of aryl methyl sites for hydroxylation is 1. The number of hydrogen-bond acceptors (Lipinski definition) is 5. The summed E-state index contributed by atoms with van der Waals surface area (Å²) in [5.74, 6) is 0.0147. The zero-order chi connectivity index (χ0) is 14.8. The average molecular weight is 378 g/mol. The molecule has 6 nitrogen and oxygen atoms in total. The van der Waals surface area contributed by atoms with Crippen LogP contribution in [0.25, 0.3) is 0 Å². The van der Waals surface area contributed by atoms with Crippen LogP contribution in [-0.2, 0) is 13.5 Å². The van der Waals surface area contributed by atoms with Gasteiger partial charge in [-0.15, -0.1) is 36.2 Å². The van der Waals surface area contributed by atoms with Gasteiger partial charge in [-0.3, -0.25) is 9.48 Å². The summed E-state index contributed by atoms with van der Waals surface area (Å²) in [6.45, 7) is 1.34. The SMILES string of the molecule is Cl.Cl.Cn1cc(C2CCCN2C(=O)c2csc(CCN)n2)cn1. The zero-order valence-electron chi connectivity index (χ0n) is 12.8. The van der Waals surface area contributed by atoms with Crippen LogP contribution < -0.4 is 5.73 Å². The molecule has 0 spiro atoms. The Morgan fingerprint density at radius 1 is 1.48 bits per heavy atom. The van der Waals surface area contributed by atoms with E-state index in [4.69, 9.17) is 5.73 Å². The molecule has 1 aliphatic rings. The quantitative estimate of drug-likeness (QED) is 0.885. The van der Waals surface area contributed by atoms with Gasteiger partial charge in [0.25, 0.3) is 5.91 Å². The van der Waals surface area contributed by atoms with Crippen molar-refractivity contribution in [3.8, 4) is 0 Å². The maximum absolute atomic E-state index is 12.7. The lowest BCUT2D eigenvalue weighted by Gasteiger charge is -2.22. The third-order valence-corrected chi connectivity index (χ3v) is 4.66. The summed E-state index contributed by atoms with van der Waals surface area (Å²) in [5.41, 5.74) is 7.17. The zero-order valence-corrected chi connectivity index (χ0v) is 15.3. The normalized spacial score (nSPS) is 16.8. The van der Waals surface area contributed by atoms with Crippen LogP contribution in [0.3, 0.4) is 0 Å². The lowest BCUT2D eigenvalue weighted by atomic mass is 10.1. The molecule has 1 saturated heterocycles. The van der Waals surface area contributed by atoms with Gasteiger partial charge in [0.1, 0.15) is 5.69 Å². The standard InChI is InChI=1S/C14H19N5OS.2ClH/c1-18-8-10(7-16-18)12-3-2-6-19(12)14(20)11-9-21-13(17-11)4-5-15;;/h7-9,12H,2-6,15H2,1H3;2*1H. The lowest BCUT2D eigenvalue weighted by molar-refractivity contribution is 0.0730. The van der Waals surface area contributed by atoms with Gasteiger partial charge < -0.3 is 10.6 Å². The molecular weight excluding hydrogens is 357 g/mol. The summed E-state index contributed by atoms with van der Waals surface area (Å²) in [6, 6.07) is 0.117. The summed E-state index contributed by atoms with van der Waals surface area (Å²) in [5, 5.41) is 6.98. The number of aromatic nitrogens is 3. The number of nitrogens with two attached hydrogens (primary N) is 1. The van der Waals surface area contributed by atoms with Crippen molar-refractivity contribution in [3.63, 3.8) is 0 Å². The van der Waals surface area contributed by atoms with Crippen molar-refractivity contribution in [2.45, 2.75) is 25.3 Å². The number of carbonyl (C=O) groups is 1. The number of thiazole rings is 1. The Kier molecular flexibility index (Phi) is 7.47. The van der Waals surface area contributed by atoms with Crippen molar-refractivity contribution in [3.05, 3.63) is 34.0 Å². The van der Waals surface area contributed by atoms with E-state index in [-0.39, 0.29) is 36.8 Å². The molecule has 0 saturated carbocycles. The first-order valence-electron chi connectivity index (χ1n) is 7.13. The first-order chi connectivity index (χ1) is 10.2. The van der Waals surface area contributed by atoms with Gasteiger partial charge in [-0.1, -0.05) is 0 Å². The van der Waals surface area contributed by atoms with Crippen LogP contribution in [0.15, 0.2) is 17.8 Å². The molecule has 3 heterocycles. The molecular formula is C14H21Cl2N5OS. The number of rotatable bonds is 4. The van der Waals surface area contributed by atoms with Crippen molar-refractivity contribution >= 4 is 42.1 Å². The fourth-order valence-electron chi connectivity index (χ4n) is 2.76. The monoisotopic (exact) mass is 377 g/mol. The third-order valence-electron chi connectivity index (χ3n) is 3.75. The lowest BCUT2D eigenvalue weighted by Crippen LogP contribution is -2.30. The van der Waals surface area contributed by atoms with Crippen LogP contribution >= 0.6 is 36.2 Å². The topological polar surface area (TPSA) is 77.0 Å². The average Bonchev–Trinajstić information content (AvgIpc) is 3.17. The van der Waals surface area contributed by atoms with E-state index in [1.807, 2.05) is 29.7 Å². The molecule has 1 unspecified atom stereocenters. The first-order valence-corrected chi connectivity index (χ1v) is 8.01. The van der Waals surface area contributed by atoms with E-state index < -0.39 is 0 Å². The number of hydrogen-bond donors (Lipinski definition) is 1. The summed E-state index contributed by atoms with van der Waals surface area (Å²) >= 11 is 1.51. The van der Waals surface area contributed by atoms with Crippen LogP contribution in [-0.4, -0.2) is 38.7 Å². The fourth-order valence-corrected chi connectivity index (χ4v) is 3.55. The molecule has 0 bridgehead atoms. The van der Waals surface area contributed by atoms with Gasteiger partial charge in [-0.2, -0.15) is 5.10 Å². The second kappa shape index (κ2) is 8.63. The van der Waals surface area contributed by atoms with Gasteiger partial charge in [0, 0.05) is 37.2 Å². The Labute approximate surface area is 151 Å². The minimum atomic E-state index is 0. The smallest absolute Gasteiger partial charge is 0.273 e. The van der Waals surface area contributed by atoms with E-state index in [2.05, 4.69) is 10.1 Å². The molecule has 9 heteroatoms. The van der Waals surface area contributed by atoms with Crippen LogP contribution in [0.4, 0.5) is 0 Å². The maximum atomic E-state index is 12.7. The Balaban J connectivity index is 0.00000132. The third kappa shape index (κ3) is 4.23. The largest absolute Gasteiger partial charge is 0.330 e. The van der Waals surface area contributed by atoms with E-state index in [0.29, 0.717) is 12.2 Å². The van der Waals surface area contributed by atoms with E-state index in [0.717, 1.165) is 36.4 Å². The van der Waals surface area contributed by atoms with Gasteiger partial charge in [0.05, 0.1) is 17.2 Å². The van der Waals surface area contributed by atoms with Crippen LogP contribution in [0.2, 0.25) is 0 Å². The van der Waals surface area contributed by atoms with Gasteiger partial charge in [-0.25, -0.2) is 4.98 Å². The van der Waals surface area contributed by atoms with Gasteiger partial charge in [-0.05, 0) is 19.4 Å². The molecule has 2 aromatic heterocycles. The van der Waals surface area contributed by atoms with Crippen molar-refractivity contribution in [2.24, 2.45) is 12.8 Å². The number of nitrogens with zero attached hydrogens (tertiary/aromatic N) is 4. The van der Waals surface area contributed by atoms with E-state index >= 15 is 0 Å². The highest BCUT2D eigenvalue weighted by Crippen LogP contribution is 2.32. The van der Waals surface area contributed by atoms with E-state index in [1.165, 1.54) is 11.3 Å². The highest BCUT2D eigenvalue weighted by Gasteiger charge is 2.32. The van der Waals surface area contributed by atoms with E-state index in [9.17, 15) is 4.79 Å². The highest BCUT2D eigenvalue weighted by molar-refractivity contribution is 7.09. The van der Waals surface area contributed by atoms with Crippen molar-refractivity contribution < 1.29 is 4.79 Å². The summed E-state index contributed by atoms with van der Waals surface area (Å²) < 4.78 is 1.78. The second-order valence-electron chi connectivity index (χ2n) is 5.27. The summed E-state index contributed by atoms with van der Waals surface area (Å²) in [4.78, 5) is 19.0. The molecule has 1 atom stereocenters. The molecule has 128 valence electrons. The van der Waals surface area contributed by atoms with Crippen LogP contribution in [0, 0.1) is 0 Å². The van der Waals surface area contributed by atoms with Crippen molar-refractivity contribution in [1.29, 1.82) is 0 Å². The minimum Gasteiger partial charge on any atom is -0.330 e. The number of amides is 1. The second-order valence-corrected chi connectivity index (χ2v) is 6.21. The fraction of sp³-hybridized carbons (Fsp3) is 0.500. The molecule has 0 radical (unpaired) electrons. The predicted molar refractivity (Wildman–Crippen MR) is 95.6 cm³/mol. The van der Waals surface area contributed by atoms with Gasteiger partial charge in [0.2, 0.25) is 0 Å². The van der Waals surface area contributed by atoms with Crippen molar-refractivity contribution in [1.82, 2.24) is 19.7 Å². The van der Waals surface area contributed by atoms with Gasteiger partial charge in [0.15, 0.2) is 0 Å².